The fraction of sp³-hybridized carbons (Fsp3) is 1.00. The summed E-state index contributed by atoms with van der Waals surface area (Å²) in [6.45, 7) is 7.39. The Labute approximate surface area is 69.8 Å². The lowest BCUT2D eigenvalue weighted by atomic mass is 10.1. The SMILES string of the molecule is CC(C)CN1C[C@@H]2CC[C@H]1C2. The van der Waals surface area contributed by atoms with E-state index in [1.807, 2.05) is 0 Å². The molecule has 2 bridgehead atoms. The number of hydrogen-bond donors (Lipinski definition) is 0. The molecule has 1 heteroatoms. The van der Waals surface area contributed by atoms with E-state index in [1.54, 1.807) is 0 Å². The largest absolute Gasteiger partial charge is 0.300 e. The molecule has 0 aromatic carbocycles. The second-order valence-corrected chi connectivity index (χ2v) is 4.68. The van der Waals surface area contributed by atoms with Gasteiger partial charge in [0, 0.05) is 19.1 Å². The van der Waals surface area contributed by atoms with Crippen molar-refractivity contribution in [3.8, 4) is 0 Å². The Morgan fingerprint density at radius 3 is 2.64 bits per heavy atom. The quantitative estimate of drug-likeness (QED) is 0.587. The predicted molar refractivity (Wildman–Crippen MR) is 47.5 cm³/mol. The molecule has 2 fully saturated rings. The Balaban J connectivity index is 1.87. The average Bonchev–Trinajstić information content (AvgIpc) is 2.45. The van der Waals surface area contributed by atoms with Crippen LogP contribution in [0.3, 0.4) is 0 Å². The van der Waals surface area contributed by atoms with E-state index in [1.165, 1.54) is 32.4 Å². The van der Waals surface area contributed by atoms with E-state index in [-0.39, 0.29) is 0 Å². The van der Waals surface area contributed by atoms with Crippen LogP contribution in [0.1, 0.15) is 33.1 Å². The first-order chi connectivity index (χ1) is 5.25. The molecule has 0 unspecified atom stereocenters. The molecule has 64 valence electrons. The van der Waals surface area contributed by atoms with Crippen LogP contribution in [0.15, 0.2) is 0 Å². The van der Waals surface area contributed by atoms with Crippen molar-refractivity contribution in [3.63, 3.8) is 0 Å². The highest BCUT2D eigenvalue weighted by Gasteiger charge is 2.37. The van der Waals surface area contributed by atoms with Crippen LogP contribution >= 0.6 is 0 Å². The van der Waals surface area contributed by atoms with Crippen molar-refractivity contribution in [1.82, 2.24) is 4.90 Å². The van der Waals surface area contributed by atoms with Gasteiger partial charge in [-0.25, -0.2) is 0 Å². The Morgan fingerprint density at radius 1 is 1.36 bits per heavy atom. The second-order valence-electron chi connectivity index (χ2n) is 4.68. The smallest absolute Gasteiger partial charge is 0.00987 e. The highest BCUT2D eigenvalue weighted by atomic mass is 15.2. The summed E-state index contributed by atoms with van der Waals surface area (Å²) in [7, 11) is 0. The van der Waals surface area contributed by atoms with Gasteiger partial charge in [-0.1, -0.05) is 13.8 Å². The molecule has 2 rings (SSSR count). The molecule has 1 aliphatic heterocycles. The van der Waals surface area contributed by atoms with Crippen molar-refractivity contribution in [2.45, 2.75) is 39.2 Å². The van der Waals surface area contributed by atoms with Crippen LogP contribution < -0.4 is 0 Å². The van der Waals surface area contributed by atoms with Gasteiger partial charge in [0.15, 0.2) is 0 Å². The summed E-state index contributed by atoms with van der Waals surface area (Å²) in [6.07, 6.45) is 4.50. The number of likely N-dealkylation sites (tertiary alicyclic amines) is 1. The van der Waals surface area contributed by atoms with Gasteiger partial charge in [-0.3, -0.25) is 4.90 Å². The molecule has 1 saturated carbocycles. The average molecular weight is 153 g/mol. The molecular weight excluding hydrogens is 134 g/mol. The molecule has 11 heavy (non-hydrogen) atoms. The van der Waals surface area contributed by atoms with Crippen molar-refractivity contribution >= 4 is 0 Å². The first kappa shape index (κ1) is 7.60. The van der Waals surface area contributed by atoms with Gasteiger partial charge < -0.3 is 0 Å². The molecule has 0 radical (unpaired) electrons. The van der Waals surface area contributed by atoms with Gasteiger partial charge in [0.2, 0.25) is 0 Å². The lowest BCUT2D eigenvalue weighted by molar-refractivity contribution is 0.192. The van der Waals surface area contributed by atoms with Crippen LogP contribution in [0.5, 0.6) is 0 Å². The summed E-state index contributed by atoms with van der Waals surface area (Å²) in [5.41, 5.74) is 0. The maximum Gasteiger partial charge on any atom is 0.00987 e. The molecule has 2 atom stereocenters. The highest BCUT2D eigenvalue weighted by Crippen LogP contribution is 2.37. The summed E-state index contributed by atoms with van der Waals surface area (Å²) in [4.78, 5) is 2.71. The first-order valence-electron chi connectivity index (χ1n) is 4.99. The van der Waals surface area contributed by atoms with Crippen LogP contribution in [0.25, 0.3) is 0 Å². The van der Waals surface area contributed by atoms with Crippen LogP contribution in [-0.2, 0) is 0 Å². The number of hydrogen-bond acceptors (Lipinski definition) is 1. The molecule has 2 aliphatic rings. The summed E-state index contributed by atoms with van der Waals surface area (Å²) >= 11 is 0. The van der Waals surface area contributed by atoms with Gasteiger partial charge in [-0.15, -0.1) is 0 Å². The maximum atomic E-state index is 2.71. The molecule has 1 heterocycles. The monoisotopic (exact) mass is 153 g/mol. The summed E-state index contributed by atoms with van der Waals surface area (Å²) in [5.74, 6) is 1.92. The Kier molecular flexibility index (Phi) is 1.92. The zero-order chi connectivity index (χ0) is 7.84. The Hall–Kier alpha value is -0.0400. The number of nitrogens with zero attached hydrogens (tertiary/aromatic N) is 1. The van der Waals surface area contributed by atoms with Crippen LogP contribution in [0.4, 0.5) is 0 Å². The topological polar surface area (TPSA) is 3.24 Å². The molecule has 0 aromatic rings. The highest BCUT2D eigenvalue weighted by molar-refractivity contribution is 4.92. The predicted octanol–water partition coefficient (Wildman–Crippen LogP) is 2.13. The second kappa shape index (κ2) is 2.78. The van der Waals surface area contributed by atoms with Crippen molar-refractivity contribution < 1.29 is 0 Å². The van der Waals surface area contributed by atoms with Gasteiger partial charge in [0.1, 0.15) is 0 Å². The fourth-order valence-corrected chi connectivity index (χ4v) is 2.72. The first-order valence-corrected chi connectivity index (χ1v) is 4.99. The number of fused-ring (bicyclic) bond motifs is 2. The number of piperidine rings is 1. The van der Waals surface area contributed by atoms with E-state index in [4.69, 9.17) is 0 Å². The van der Waals surface area contributed by atoms with E-state index in [0.29, 0.717) is 0 Å². The molecule has 0 N–H and O–H groups in total. The van der Waals surface area contributed by atoms with Crippen molar-refractivity contribution in [1.29, 1.82) is 0 Å². The summed E-state index contributed by atoms with van der Waals surface area (Å²) in [6, 6.07) is 0.974. The molecule has 0 aromatic heterocycles. The molecule has 0 amide bonds. The number of rotatable bonds is 2. The van der Waals surface area contributed by atoms with Crippen molar-refractivity contribution in [2.24, 2.45) is 11.8 Å². The summed E-state index contributed by atoms with van der Waals surface area (Å²) in [5, 5.41) is 0. The van der Waals surface area contributed by atoms with Gasteiger partial charge in [-0.05, 0) is 31.1 Å². The van der Waals surface area contributed by atoms with Crippen LogP contribution in [0.2, 0.25) is 0 Å². The third-order valence-corrected chi connectivity index (χ3v) is 3.12. The van der Waals surface area contributed by atoms with E-state index < -0.39 is 0 Å². The minimum Gasteiger partial charge on any atom is -0.300 e. The van der Waals surface area contributed by atoms with Gasteiger partial charge in [0.25, 0.3) is 0 Å². The maximum absolute atomic E-state index is 2.71. The zero-order valence-electron chi connectivity index (χ0n) is 7.71. The zero-order valence-corrected chi connectivity index (χ0v) is 7.71. The Morgan fingerprint density at radius 2 is 2.18 bits per heavy atom. The normalized spacial score (nSPS) is 37.4. The van der Waals surface area contributed by atoms with Crippen molar-refractivity contribution in [2.75, 3.05) is 13.1 Å². The third-order valence-electron chi connectivity index (χ3n) is 3.12. The fourth-order valence-electron chi connectivity index (χ4n) is 2.72. The summed E-state index contributed by atoms with van der Waals surface area (Å²) < 4.78 is 0. The molecule has 1 nitrogen and oxygen atoms in total. The minimum absolute atomic E-state index is 0.856. The van der Waals surface area contributed by atoms with Crippen molar-refractivity contribution in [3.05, 3.63) is 0 Å². The van der Waals surface area contributed by atoms with Crippen LogP contribution in [0, 0.1) is 11.8 Å². The molecule has 1 saturated heterocycles. The third kappa shape index (κ3) is 1.44. The minimum atomic E-state index is 0.856. The lowest BCUT2D eigenvalue weighted by Crippen LogP contribution is -2.34. The standard InChI is InChI=1S/C10H19N/c1-8(2)6-11-7-9-3-4-10(11)5-9/h8-10H,3-7H2,1-2H3/t9-,10+/m1/s1. The van der Waals surface area contributed by atoms with E-state index in [0.717, 1.165) is 17.9 Å². The Bertz CT molecular complexity index is 142. The van der Waals surface area contributed by atoms with Gasteiger partial charge in [-0.2, -0.15) is 0 Å². The van der Waals surface area contributed by atoms with Gasteiger partial charge in [0.05, 0.1) is 0 Å². The lowest BCUT2D eigenvalue weighted by Gasteiger charge is -2.28. The van der Waals surface area contributed by atoms with E-state index in [2.05, 4.69) is 18.7 Å². The van der Waals surface area contributed by atoms with Crippen LogP contribution in [-0.4, -0.2) is 24.0 Å². The molecule has 0 spiro atoms. The van der Waals surface area contributed by atoms with E-state index in [9.17, 15) is 0 Å². The molecule has 1 aliphatic carbocycles. The van der Waals surface area contributed by atoms with E-state index >= 15 is 0 Å². The molecular formula is C10H19N. The van der Waals surface area contributed by atoms with Gasteiger partial charge >= 0.3 is 0 Å².